The van der Waals surface area contributed by atoms with Gasteiger partial charge in [0.15, 0.2) is 5.96 Å². The third-order valence-electron chi connectivity index (χ3n) is 3.57. The number of carbonyl (C=O) groups excluding carboxylic acids is 1. The molecule has 1 saturated heterocycles. The van der Waals surface area contributed by atoms with Crippen LogP contribution in [0, 0.1) is 0 Å². The number of guanidine groups is 1. The van der Waals surface area contributed by atoms with Gasteiger partial charge in [-0.3, -0.25) is 9.79 Å². The predicted octanol–water partition coefficient (Wildman–Crippen LogP) is -0.326. The molecule has 0 aliphatic carbocycles. The van der Waals surface area contributed by atoms with E-state index in [4.69, 9.17) is 0 Å². The molecule has 2 rings (SSSR count). The Bertz CT molecular complexity index is 501. The van der Waals surface area contributed by atoms with Gasteiger partial charge in [0, 0.05) is 38.5 Å². The van der Waals surface area contributed by atoms with Gasteiger partial charge in [0.2, 0.25) is 5.91 Å². The summed E-state index contributed by atoms with van der Waals surface area (Å²) in [6.45, 7) is 6.96. The molecule has 1 aromatic heterocycles. The predicted molar refractivity (Wildman–Crippen MR) is 84.5 cm³/mol. The van der Waals surface area contributed by atoms with Gasteiger partial charge >= 0.3 is 0 Å². The van der Waals surface area contributed by atoms with Crippen LogP contribution in [0.25, 0.3) is 0 Å². The lowest BCUT2D eigenvalue weighted by molar-refractivity contribution is -0.122. The lowest BCUT2D eigenvalue weighted by atomic mass is 10.1. The zero-order chi connectivity index (χ0) is 15.8. The molecule has 0 radical (unpaired) electrons. The van der Waals surface area contributed by atoms with Gasteiger partial charge in [-0.15, -0.1) is 10.2 Å². The summed E-state index contributed by atoms with van der Waals surface area (Å²) in [6, 6.07) is 0.233. The van der Waals surface area contributed by atoms with Crippen LogP contribution >= 0.6 is 0 Å². The maximum atomic E-state index is 11.2. The molecule has 1 atom stereocenters. The molecule has 1 aliphatic rings. The Morgan fingerprint density at radius 3 is 3.09 bits per heavy atom. The van der Waals surface area contributed by atoms with Crippen molar-refractivity contribution < 1.29 is 4.79 Å². The number of amides is 1. The summed E-state index contributed by atoms with van der Waals surface area (Å²) >= 11 is 0. The van der Waals surface area contributed by atoms with Crippen LogP contribution in [0.1, 0.15) is 32.5 Å². The van der Waals surface area contributed by atoms with Crippen molar-refractivity contribution in [3.63, 3.8) is 0 Å². The molecule has 3 N–H and O–H groups in total. The summed E-state index contributed by atoms with van der Waals surface area (Å²) < 4.78 is 2.02. The van der Waals surface area contributed by atoms with Crippen LogP contribution in [0.15, 0.2) is 11.3 Å². The molecule has 0 aromatic carbocycles. The van der Waals surface area contributed by atoms with Gasteiger partial charge < -0.3 is 20.5 Å². The van der Waals surface area contributed by atoms with E-state index >= 15 is 0 Å². The highest BCUT2D eigenvalue weighted by Gasteiger charge is 2.18. The molecule has 22 heavy (non-hydrogen) atoms. The lowest BCUT2D eigenvalue weighted by Crippen LogP contribution is -2.51. The zero-order valence-corrected chi connectivity index (χ0v) is 13.3. The van der Waals surface area contributed by atoms with Crippen LogP contribution in [0.3, 0.4) is 0 Å². The molecule has 2 heterocycles. The van der Waals surface area contributed by atoms with Crippen molar-refractivity contribution in [1.82, 2.24) is 30.7 Å². The normalized spacial score (nSPS) is 18.9. The van der Waals surface area contributed by atoms with Crippen molar-refractivity contribution in [2.45, 2.75) is 45.7 Å². The molecule has 1 fully saturated rings. The van der Waals surface area contributed by atoms with Crippen molar-refractivity contribution in [2.24, 2.45) is 4.99 Å². The number of aliphatic imine (C=N–C) groups is 1. The maximum Gasteiger partial charge on any atom is 0.220 e. The molecule has 1 aromatic rings. The summed E-state index contributed by atoms with van der Waals surface area (Å²) in [6.07, 6.45) is 4.01. The van der Waals surface area contributed by atoms with Crippen molar-refractivity contribution in [2.75, 3.05) is 19.6 Å². The van der Waals surface area contributed by atoms with Gasteiger partial charge in [-0.05, 0) is 13.3 Å². The third kappa shape index (κ3) is 4.71. The van der Waals surface area contributed by atoms with E-state index in [1.165, 1.54) is 0 Å². The average molecular weight is 307 g/mol. The largest absolute Gasteiger partial charge is 0.357 e. The molecular weight excluding hydrogens is 282 g/mol. The molecule has 0 saturated carbocycles. The lowest BCUT2D eigenvalue weighted by Gasteiger charge is -2.25. The second-order valence-electron chi connectivity index (χ2n) is 5.24. The minimum Gasteiger partial charge on any atom is -0.357 e. The summed E-state index contributed by atoms with van der Waals surface area (Å²) in [5.41, 5.74) is 0. The van der Waals surface area contributed by atoms with Gasteiger partial charge in [0.05, 0.1) is 6.54 Å². The highest BCUT2D eigenvalue weighted by Crippen LogP contribution is 2.02. The minimum absolute atomic E-state index is 0.125. The second kappa shape index (κ2) is 8.35. The number of aryl methyl sites for hydroxylation is 1. The highest BCUT2D eigenvalue weighted by molar-refractivity contribution is 5.81. The fraction of sp³-hybridized carbons (Fsp3) is 0.714. The number of carbonyl (C=O) groups is 1. The van der Waals surface area contributed by atoms with E-state index < -0.39 is 0 Å². The van der Waals surface area contributed by atoms with Crippen LogP contribution in [0.5, 0.6) is 0 Å². The Hall–Kier alpha value is -2.12. The van der Waals surface area contributed by atoms with Gasteiger partial charge in [-0.2, -0.15) is 0 Å². The van der Waals surface area contributed by atoms with Crippen LogP contribution in [-0.2, 0) is 17.8 Å². The zero-order valence-electron chi connectivity index (χ0n) is 13.3. The number of rotatable bonds is 6. The quantitative estimate of drug-likeness (QED) is 0.494. The number of piperidine rings is 1. The number of hydrogen-bond acceptors (Lipinski definition) is 4. The molecule has 8 heteroatoms. The second-order valence-corrected chi connectivity index (χ2v) is 5.24. The molecule has 0 spiro atoms. The SMILES string of the molecule is CCNC(=NCCn1cnnc1CC)NC1CCC(=O)NC1. The Morgan fingerprint density at radius 2 is 2.41 bits per heavy atom. The monoisotopic (exact) mass is 307 g/mol. The Balaban J connectivity index is 1.85. The first-order chi connectivity index (χ1) is 10.7. The highest BCUT2D eigenvalue weighted by atomic mass is 16.1. The molecule has 1 aliphatic heterocycles. The molecule has 8 nitrogen and oxygen atoms in total. The van der Waals surface area contributed by atoms with E-state index in [2.05, 4.69) is 38.1 Å². The van der Waals surface area contributed by atoms with Gasteiger partial charge in [-0.1, -0.05) is 6.92 Å². The number of nitrogens with zero attached hydrogens (tertiary/aromatic N) is 4. The first kappa shape index (κ1) is 16.3. The van der Waals surface area contributed by atoms with Crippen LogP contribution in [0.2, 0.25) is 0 Å². The van der Waals surface area contributed by atoms with Gasteiger partial charge in [0.25, 0.3) is 0 Å². The Kier molecular flexibility index (Phi) is 6.17. The average Bonchev–Trinajstić information content (AvgIpc) is 2.97. The standard InChI is InChI=1S/C14H25N7O/c1-3-12-20-18-10-21(12)8-7-16-14(15-4-2)19-11-5-6-13(22)17-9-11/h10-11H,3-9H2,1-2H3,(H,17,22)(H2,15,16,19). The van der Waals surface area contributed by atoms with Crippen molar-refractivity contribution in [1.29, 1.82) is 0 Å². The van der Waals surface area contributed by atoms with E-state index in [0.717, 1.165) is 37.7 Å². The summed E-state index contributed by atoms with van der Waals surface area (Å²) in [7, 11) is 0. The van der Waals surface area contributed by atoms with Crippen LogP contribution < -0.4 is 16.0 Å². The molecule has 1 unspecified atom stereocenters. The topological polar surface area (TPSA) is 96.2 Å². The number of hydrogen-bond donors (Lipinski definition) is 3. The molecular formula is C14H25N7O. The van der Waals surface area contributed by atoms with E-state index in [1.807, 2.05) is 11.5 Å². The first-order valence-corrected chi connectivity index (χ1v) is 7.91. The molecule has 0 bridgehead atoms. The van der Waals surface area contributed by atoms with E-state index in [1.54, 1.807) is 6.33 Å². The summed E-state index contributed by atoms with van der Waals surface area (Å²) in [4.78, 5) is 15.8. The summed E-state index contributed by atoms with van der Waals surface area (Å²) in [5.74, 6) is 1.89. The van der Waals surface area contributed by atoms with Crippen molar-refractivity contribution >= 4 is 11.9 Å². The van der Waals surface area contributed by atoms with Crippen LogP contribution in [0.4, 0.5) is 0 Å². The summed E-state index contributed by atoms with van der Waals surface area (Å²) in [5, 5.41) is 17.5. The fourth-order valence-electron chi connectivity index (χ4n) is 2.38. The van der Waals surface area contributed by atoms with Crippen LogP contribution in [-0.4, -0.2) is 52.3 Å². The van der Waals surface area contributed by atoms with Crippen molar-refractivity contribution in [3.05, 3.63) is 12.2 Å². The van der Waals surface area contributed by atoms with E-state index in [9.17, 15) is 4.79 Å². The number of aromatic nitrogens is 3. The Labute approximate surface area is 130 Å². The maximum absolute atomic E-state index is 11.2. The van der Waals surface area contributed by atoms with Gasteiger partial charge in [-0.25, -0.2) is 0 Å². The van der Waals surface area contributed by atoms with E-state index in [-0.39, 0.29) is 11.9 Å². The number of nitrogens with one attached hydrogen (secondary N) is 3. The third-order valence-corrected chi connectivity index (χ3v) is 3.57. The Morgan fingerprint density at radius 1 is 1.55 bits per heavy atom. The van der Waals surface area contributed by atoms with E-state index in [0.29, 0.717) is 19.5 Å². The minimum atomic E-state index is 0.125. The van der Waals surface area contributed by atoms with Gasteiger partial charge in [0.1, 0.15) is 12.2 Å². The molecule has 1 amide bonds. The fourth-order valence-corrected chi connectivity index (χ4v) is 2.38. The molecule has 122 valence electrons. The van der Waals surface area contributed by atoms with Crippen molar-refractivity contribution in [3.8, 4) is 0 Å². The first-order valence-electron chi connectivity index (χ1n) is 7.91. The smallest absolute Gasteiger partial charge is 0.220 e.